The van der Waals surface area contributed by atoms with Crippen LogP contribution in [0.5, 0.6) is 0 Å². The number of hydrogen-bond acceptors (Lipinski definition) is 3. The Hall–Kier alpha value is -1.10. The van der Waals surface area contributed by atoms with Crippen molar-refractivity contribution in [1.29, 1.82) is 0 Å². The Morgan fingerprint density at radius 1 is 1.31 bits per heavy atom. The minimum Gasteiger partial charge on any atom is -0.481 e. The molecule has 0 spiro atoms. The molecule has 0 amide bonds. The van der Waals surface area contributed by atoms with E-state index in [1.54, 1.807) is 4.90 Å². The van der Waals surface area contributed by atoms with E-state index >= 15 is 0 Å². The number of aliphatic carboxylic acids is 2. The molecule has 72 valence electrons. The van der Waals surface area contributed by atoms with Crippen molar-refractivity contribution in [3.05, 3.63) is 0 Å². The Balaban J connectivity index is 2.23. The van der Waals surface area contributed by atoms with E-state index in [0.717, 1.165) is 13.1 Å². The summed E-state index contributed by atoms with van der Waals surface area (Å²) in [5, 5.41) is 17.8. The van der Waals surface area contributed by atoms with E-state index < -0.39 is 23.4 Å². The summed E-state index contributed by atoms with van der Waals surface area (Å²) >= 11 is 0. The zero-order valence-electron chi connectivity index (χ0n) is 7.06. The lowest BCUT2D eigenvalue weighted by Gasteiger charge is -2.44. The van der Waals surface area contributed by atoms with E-state index in [9.17, 15) is 9.59 Å². The van der Waals surface area contributed by atoms with Crippen LogP contribution >= 0.6 is 0 Å². The standard InChI is InChI=1S/C8H11NO4/c10-6(11)5-1-2-8(5,7(12)13)9-3-4-9/h5H,1-4H2,(H,10,11)(H,12,13)/t5?,8-/m0/s1. The number of rotatable bonds is 3. The maximum absolute atomic E-state index is 11.0. The molecule has 2 rings (SSSR count). The molecule has 1 unspecified atom stereocenters. The van der Waals surface area contributed by atoms with Gasteiger partial charge in [0.05, 0.1) is 5.92 Å². The van der Waals surface area contributed by atoms with Crippen LogP contribution in [0.2, 0.25) is 0 Å². The van der Waals surface area contributed by atoms with Crippen LogP contribution < -0.4 is 0 Å². The second kappa shape index (κ2) is 2.45. The highest BCUT2D eigenvalue weighted by Gasteiger charge is 2.62. The van der Waals surface area contributed by atoms with Gasteiger partial charge in [0.2, 0.25) is 0 Å². The van der Waals surface area contributed by atoms with Gasteiger partial charge in [-0.2, -0.15) is 0 Å². The molecule has 2 N–H and O–H groups in total. The van der Waals surface area contributed by atoms with Crippen molar-refractivity contribution >= 4 is 11.9 Å². The maximum Gasteiger partial charge on any atom is 0.325 e. The summed E-state index contributed by atoms with van der Waals surface area (Å²) in [6, 6.07) is 0. The van der Waals surface area contributed by atoms with Crippen LogP contribution in [-0.4, -0.2) is 45.7 Å². The molecule has 5 nitrogen and oxygen atoms in total. The van der Waals surface area contributed by atoms with Crippen LogP contribution in [-0.2, 0) is 9.59 Å². The zero-order valence-corrected chi connectivity index (χ0v) is 7.06. The zero-order chi connectivity index (χ0) is 9.64. The van der Waals surface area contributed by atoms with E-state index in [4.69, 9.17) is 10.2 Å². The molecular weight excluding hydrogens is 174 g/mol. The van der Waals surface area contributed by atoms with E-state index in [1.807, 2.05) is 0 Å². The Morgan fingerprint density at radius 3 is 2.15 bits per heavy atom. The topological polar surface area (TPSA) is 77.6 Å². The largest absolute Gasteiger partial charge is 0.481 e. The normalized spacial score (nSPS) is 38.0. The molecule has 2 aliphatic rings. The maximum atomic E-state index is 11.0. The third kappa shape index (κ3) is 0.966. The second-order valence-electron chi connectivity index (χ2n) is 3.65. The van der Waals surface area contributed by atoms with Gasteiger partial charge in [-0.25, -0.2) is 0 Å². The first kappa shape index (κ1) is 8.50. The predicted molar refractivity (Wildman–Crippen MR) is 42.3 cm³/mol. The molecule has 1 saturated heterocycles. The van der Waals surface area contributed by atoms with Gasteiger partial charge in [-0.1, -0.05) is 0 Å². The van der Waals surface area contributed by atoms with Crippen molar-refractivity contribution in [3.63, 3.8) is 0 Å². The molecule has 0 aromatic carbocycles. The summed E-state index contributed by atoms with van der Waals surface area (Å²) in [7, 11) is 0. The summed E-state index contributed by atoms with van der Waals surface area (Å²) in [5.74, 6) is -2.68. The molecule has 5 heteroatoms. The van der Waals surface area contributed by atoms with Gasteiger partial charge >= 0.3 is 11.9 Å². The molecule has 0 bridgehead atoms. The Kier molecular flexibility index (Phi) is 1.60. The number of nitrogens with zero attached hydrogens (tertiary/aromatic N) is 1. The quantitative estimate of drug-likeness (QED) is 0.586. The molecule has 2 fully saturated rings. The van der Waals surface area contributed by atoms with Gasteiger partial charge in [-0.3, -0.25) is 14.5 Å². The number of carboxylic acids is 2. The summed E-state index contributed by atoms with van der Waals surface area (Å²) < 4.78 is 0. The molecule has 13 heavy (non-hydrogen) atoms. The lowest BCUT2D eigenvalue weighted by Crippen LogP contribution is -2.61. The van der Waals surface area contributed by atoms with Crippen LogP contribution in [0.4, 0.5) is 0 Å². The molecule has 0 radical (unpaired) electrons. The monoisotopic (exact) mass is 185 g/mol. The van der Waals surface area contributed by atoms with E-state index in [1.165, 1.54) is 0 Å². The fourth-order valence-corrected chi connectivity index (χ4v) is 2.11. The van der Waals surface area contributed by atoms with Gasteiger partial charge in [0.15, 0.2) is 0 Å². The average Bonchev–Trinajstić information content (AvgIpc) is 2.66. The summed E-state index contributed by atoms with van der Waals surface area (Å²) in [6.07, 6.45) is 0.956. The Morgan fingerprint density at radius 2 is 1.92 bits per heavy atom. The van der Waals surface area contributed by atoms with Crippen molar-refractivity contribution in [3.8, 4) is 0 Å². The molecule has 0 aromatic rings. The van der Waals surface area contributed by atoms with Gasteiger partial charge < -0.3 is 10.2 Å². The minimum atomic E-state index is -1.08. The number of hydrogen-bond donors (Lipinski definition) is 2. The van der Waals surface area contributed by atoms with Crippen molar-refractivity contribution < 1.29 is 19.8 Å². The smallest absolute Gasteiger partial charge is 0.325 e. The highest BCUT2D eigenvalue weighted by atomic mass is 16.4. The van der Waals surface area contributed by atoms with Crippen molar-refractivity contribution in [1.82, 2.24) is 4.90 Å². The van der Waals surface area contributed by atoms with E-state index in [0.29, 0.717) is 12.8 Å². The average molecular weight is 185 g/mol. The molecular formula is C8H11NO4. The summed E-state index contributed by atoms with van der Waals surface area (Å²) in [5.41, 5.74) is -1.08. The van der Waals surface area contributed by atoms with Crippen LogP contribution in [0.1, 0.15) is 12.8 Å². The van der Waals surface area contributed by atoms with Gasteiger partial charge in [0.1, 0.15) is 5.54 Å². The predicted octanol–water partition coefficient (Wildman–Crippen LogP) is -0.380. The van der Waals surface area contributed by atoms with Crippen molar-refractivity contribution in [2.24, 2.45) is 5.92 Å². The van der Waals surface area contributed by atoms with Crippen LogP contribution in [0.3, 0.4) is 0 Å². The first-order valence-electron chi connectivity index (χ1n) is 4.30. The summed E-state index contributed by atoms with van der Waals surface area (Å²) in [4.78, 5) is 23.5. The minimum absolute atomic E-state index is 0.472. The highest BCUT2D eigenvalue weighted by Crippen LogP contribution is 2.46. The fourth-order valence-electron chi connectivity index (χ4n) is 2.11. The molecule has 0 aromatic heterocycles. The lowest BCUT2D eigenvalue weighted by molar-refractivity contribution is -0.171. The van der Waals surface area contributed by atoms with Crippen LogP contribution in [0.15, 0.2) is 0 Å². The van der Waals surface area contributed by atoms with Gasteiger partial charge in [-0.05, 0) is 12.8 Å². The van der Waals surface area contributed by atoms with Crippen molar-refractivity contribution in [2.75, 3.05) is 13.1 Å². The molecule has 1 aliphatic carbocycles. The van der Waals surface area contributed by atoms with E-state index in [2.05, 4.69) is 0 Å². The third-order valence-corrected chi connectivity index (χ3v) is 3.07. The highest BCUT2D eigenvalue weighted by molar-refractivity contribution is 5.89. The lowest BCUT2D eigenvalue weighted by atomic mass is 9.66. The van der Waals surface area contributed by atoms with Gasteiger partial charge in [-0.15, -0.1) is 0 Å². The molecule has 1 aliphatic heterocycles. The summed E-state index contributed by atoms with van der Waals surface area (Å²) in [6.45, 7) is 1.44. The molecule has 1 heterocycles. The van der Waals surface area contributed by atoms with Crippen molar-refractivity contribution in [2.45, 2.75) is 18.4 Å². The van der Waals surface area contributed by atoms with Gasteiger partial charge in [0.25, 0.3) is 0 Å². The first-order valence-corrected chi connectivity index (χ1v) is 4.30. The second-order valence-corrected chi connectivity index (χ2v) is 3.65. The van der Waals surface area contributed by atoms with E-state index in [-0.39, 0.29) is 0 Å². The van der Waals surface area contributed by atoms with Gasteiger partial charge in [0, 0.05) is 13.1 Å². The Bertz CT molecular complexity index is 273. The Labute approximate surface area is 75.0 Å². The first-order chi connectivity index (χ1) is 6.09. The number of carbonyl (C=O) groups is 2. The SMILES string of the molecule is O=C(O)C1CC[C@]1(C(=O)O)N1CC1. The third-order valence-electron chi connectivity index (χ3n) is 3.07. The molecule has 2 atom stereocenters. The number of carboxylic acid groups (broad SMARTS) is 2. The van der Waals surface area contributed by atoms with Crippen LogP contribution in [0.25, 0.3) is 0 Å². The van der Waals surface area contributed by atoms with Crippen LogP contribution in [0, 0.1) is 5.92 Å². The fraction of sp³-hybridized carbons (Fsp3) is 0.750. The molecule has 1 saturated carbocycles.